The van der Waals surface area contributed by atoms with Crippen LogP contribution in [0.2, 0.25) is 0 Å². The maximum absolute atomic E-state index is 11.3. The molecule has 1 saturated carbocycles. The summed E-state index contributed by atoms with van der Waals surface area (Å²) in [6, 6.07) is 1.81. The Morgan fingerprint density at radius 2 is 2.39 bits per heavy atom. The molecule has 2 unspecified atom stereocenters. The highest BCUT2D eigenvalue weighted by atomic mass is 16.1. The molecular formula is C14H21N3O. The zero-order chi connectivity index (χ0) is 13.0. The Balaban J connectivity index is 1.95. The highest BCUT2D eigenvalue weighted by Crippen LogP contribution is 2.28. The van der Waals surface area contributed by atoms with Gasteiger partial charge in [-0.2, -0.15) is 0 Å². The lowest BCUT2D eigenvalue weighted by atomic mass is 9.82. The van der Waals surface area contributed by atoms with Crippen molar-refractivity contribution in [2.45, 2.75) is 32.6 Å². The highest BCUT2D eigenvalue weighted by molar-refractivity contribution is 5.98. The van der Waals surface area contributed by atoms with E-state index in [1.165, 1.54) is 31.9 Å². The summed E-state index contributed by atoms with van der Waals surface area (Å²) in [6.45, 7) is 3.22. The van der Waals surface area contributed by atoms with Gasteiger partial charge in [-0.05, 0) is 30.7 Å². The van der Waals surface area contributed by atoms with Crippen LogP contribution in [0.5, 0.6) is 0 Å². The maximum Gasteiger partial charge on any atom is 0.252 e. The number of amides is 1. The molecule has 4 nitrogen and oxygen atoms in total. The van der Waals surface area contributed by atoms with Crippen molar-refractivity contribution < 1.29 is 4.79 Å². The SMILES string of the molecule is CC1CCCC(CNc2ccncc2C(N)=O)C1. The minimum atomic E-state index is -0.428. The van der Waals surface area contributed by atoms with Crippen LogP contribution < -0.4 is 11.1 Å². The number of pyridine rings is 1. The molecule has 98 valence electrons. The van der Waals surface area contributed by atoms with E-state index in [1.807, 2.05) is 6.07 Å². The molecule has 1 aromatic heterocycles. The molecule has 3 N–H and O–H groups in total. The Kier molecular flexibility index (Phi) is 4.18. The molecule has 1 heterocycles. The molecular weight excluding hydrogens is 226 g/mol. The van der Waals surface area contributed by atoms with Gasteiger partial charge < -0.3 is 11.1 Å². The van der Waals surface area contributed by atoms with Gasteiger partial charge in [0, 0.05) is 18.9 Å². The van der Waals surface area contributed by atoms with Crippen molar-refractivity contribution in [3.8, 4) is 0 Å². The van der Waals surface area contributed by atoms with Crippen LogP contribution in [0.1, 0.15) is 43.0 Å². The van der Waals surface area contributed by atoms with Crippen LogP contribution in [0.25, 0.3) is 0 Å². The average molecular weight is 247 g/mol. The average Bonchev–Trinajstić information content (AvgIpc) is 2.37. The molecule has 0 aliphatic heterocycles. The zero-order valence-corrected chi connectivity index (χ0v) is 10.9. The van der Waals surface area contributed by atoms with E-state index >= 15 is 0 Å². The Hall–Kier alpha value is -1.58. The van der Waals surface area contributed by atoms with Gasteiger partial charge in [0.2, 0.25) is 0 Å². The maximum atomic E-state index is 11.3. The number of aromatic nitrogens is 1. The number of nitrogens with two attached hydrogens (primary N) is 1. The third kappa shape index (κ3) is 3.22. The molecule has 2 atom stereocenters. The Morgan fingerprint density at radius 3 is 3.11 bits per heavy atom. The van der Waals surface area contributed by atoms with Crippen LogP contribution in [0.4, 0.5) is 5.69 Å². The van der Waals surface area contributed by atoms with E-state index < -0.39 is 5.91 Å². The number of carbonyl (C=O) groups is 1. The summed E-state index contributed by atoms with van der Waals surface area (Å²) in [7, 11) is 0. The second-order valence-corrected chi connectivity index (χ2v) is 5.30. The molecule has 0 radical (unpaired) electrons. The van der Waals surface area contributed by atoms with E-state index in [0.717, 1.165) is 18.2 Å². The monoisotopic (exact) mass is 247 g/mol. The Labute approximate surface area is 108 Å². The first-order valence-corrected chi connectivity index (χ1v) is 6.64. The summed E-state index contributed by atoms with van der Waals surface area (Å²) in [5.41, 5.74) is 6.60. The number of rotatable bonds is 4. The van der Waals surface area contributed by atoms with Crippen LogP contribution >= 0.6 is 0 Å². The summed E-state index contributed by atoms with van der Waals surface area (Å²) >= 11 is 0. The topological polar surface area (TPSA) is 68.0 Å². The second-order valence-electron chi connectivity index (χ2n) is 5.30. The Morgan fingerprint density at radius 1 is 1.56 bits per heavy atom. The van der Waals surface area contributed by atoms with Gasteiger partial charge in [0.1, 0.15) is 0 Å². The van der Waals surface area contributed by atoms with Crippen molar-refractivity contribution in [1.82, 2.24) is 4.98 Å². The molecule has 0 bridgehead atoms. The van der Waals surface area contributed by atoms with Crippen LogP contribution in [0.15, 0.2) is 18.5 Å². The molecule has 1 fully saturated rings. The number of carbonyl (C=O) groups excluding carboxylic acids is 1. The van der Waals surface area contributed by atoms with Gasteiger partial charge in [0.25, 0.3) is 5.91 Å². The normalized spacial score (nSPS) is 23.6. The van der Waals surface area contributed by atoms with Crippen molar-refractivity contribution in [1.29, 1.82) is 0 Å². The summed E-state index contributed by atoms with van der Waals surface area (Å²) < 4.78 is 0. The molecule has 18 heavy (non-hydrogen) atoms. The van der Waals surface area contributed by atoms with E-state index in [9.17, 15) is 4.79 Å². The zero-order valence-electron chi connectivity index (χ0n) is 10.9. The van der Waals surface area contributed by atoms with E-state index in [2.05, 4.69) is 17.2 Å². The van der Waals surface area contributed by atoms with Crippen molar-refractivity contribution >= 4 is 11.6 Å². The van der Waals surface area contributed by atoms with Crippen molar-refractivity contribution in [2.75, 3.05) is 11.9 Å². The number of primary amides is 1. The van der Waals surface area contributed by atoms with E-state index in [-0.39, 0.29) is 0 Å². The summed E-state index contributed by atoms with van der Waals surface area (Å²) in [5, 5.41) is 3.34. The smallest absolute Gasteiger partial charge is 0.252 e. The molecule has 0 aromatic carbocycles. The van der Waals surface area contributed by atoms with Crippen LogP contribution in [-0.4, -0.2) is 17.4 Å². The lowest BCUT2D eigenvalue weighted by molar-refractivity contribution is 0.100. The molecule has 1 aliphatic rings. The largest absolute Gasteiger partial charge is 0.384 e. The molecule has 2 rings (SSSR count). The first kappa shape index (κ1) is 12.9. The van der Waals surface area contributed by atoms with Crippen molar-refractivity contribution in [2.24, 2.45) is 17.6 Å². The second kappa shape index (κ2) is 5.85. The predicted molar refractivity (Wildman–Crippen MR) is 72.4 cm³/mol. The molecule has 0 spiro atoms. The van der Waals surface area contributed by atoms with E-state index in [0.29, 0.717) is 11.5 Å². The first-order chi connectivity index (χ1) is 8.66. The lowest BCUT2D eigenvalue weighted by Crippen LogP contribution is -2.22. The molecule has 1 aliphatic carbocycles. The number of hydrogen-bond donors (Lipinski definition) is 2. The predicted octanol–water partition coefficient (Wildman–Crippen LogP) is 2.42. The molecule has 1 aromatic rings. The van der Waals surface area contributed by atoms with Crippen LogP contribution in [0.3, 0.4) is 0 Å². The third-order valence-electron chi connectivity index (χ3n) is 3.71. The van der Waals surface area contributed by atoms with E-state index in [4.69, 9.17) is 5.73 Å². The van der Waals surface area contributed by atoms with Gasteiger partial charge in [-0.15, -0.1) is 0 Å². The fraction of sp³-hybridized carbons (Fsp3) is 0.571. The fourth-order valence-electron chi connectivity index (χ4n) is 2.74. The number of anilines is 1. The first-order valence-electron chi connectivity index (χ1n) is 6.64. The molecule has 0 saturated heterocycles. The van der Waals surface area contributed by atoms with Crippen LogP contribution in [0, 0.1) is 11.8 Å². The summed E-state index contributed by atoms with van der Waals surface area (Å²) in [4.78, 5) is 15.2. The van der Waals surface area contributed by atoms with Crippen molar-refractivity contribution in [3.63, 3.8) is 0 Å². The van der Waals surface area contributed by atoms with E-state index in [1.54, 1.807) is 6.20 Å². The van der Waals surface area contributed by atoms with Gasteiger partial charge in [-0.3, -0.25) is 9.78 Å². The lowest BCUT2D eigenvalue weighted by Gasteiger charge is -2.27. The highest BCUT2D eigenvalue weighted by Gasteiger charge is 2.19. The standard InChI is InChI=1S/C14H21N3O/c1-10-3-2-4-11(7-10)8-17-13-5-6-16-9-12(13)14(15)18/h5-6,9-11H,2-4,7-8H2,1H3,(H2,15,18)(H,16,17). The number of hydrogen-bond acceptors (Lipinski definition) is 3. The van der Waals surface area contributed by atoms with Gasteiger partial charge in [-0.25, -0.2) is 0 Å². The Bertz CT molecular complexity index is 419. The number of nitrogens with one attached hydrogen (secondary N) is 1. The van der Waals surface area contributed by atoms with Gasteiger partial charge in [0.05, 0.1) is 11.3 Å². The minimum absolute atomic E-state index is 0.428. The van der Waals surface area contributed by atoms with Gasteiger partial charge >= 0.3 is 0 Å². The van der Waals surface area contributed by atoms with Crippen molar-refractivity contribution in [3.05, 3.63) is 24.0 Å². The molecule has 4 heteroatoms. The molecule has 1 amide bonds. The summed E-state index contributed by atoms with van der Waals surface area (Å²) in [5.74, 6) is 1.09. The quantitative estimate of drug-likeness (QED) is 0.858. The van der Waals surface area contributed by atoms with Crippen LogP contribution in [-0.2, 0) is 0 Å². The number of nitrogens with zero attached hydrogens (tertiary/aromatic N) is 1. The minimum Gasteiger partial charge on any atom is -0.384 e. The fourth-order valence-corrected chi connectivity index (χ4v) is 2.74. The van der Waals surface area contributed by atoms with Gasteiger partial charge in [0.15, 0.2) is 0 Å². The van der Waals surface area contributed by atoms with Gasteiger partial charge in [-0.1, -0.05) is 19.8 Å². The summed E-state index contributed by atoms with van der Waals surface area (Å²) in [6.07, 6.45) is 8.40. The third-order valence-corrected chi connectivity index (χ3v) is 3.71.